The first-order chi connectivity index (χ1) is 15.2. The van der Waals surface area contributed by atoms with E-state index in [0.717, 1.165) is 43.9 Å². The van der Waals surface area contributed by atoms with Crippen molar-refractivity contribution in [3.05, 3.63) is 59.9 Å². The first-order valence-corrected chi connectivity index (χ1v) is 10.9. The van der Waals surface area contributed by atoms with E-state index in [1.807, 2.05) is 36.4 Å². The van der Waals surface area contributed by atoms with E-state index in [2.05, 4.69) is 21.3 Å². The molecule has 5 nitrogen and oxygen atoms in total. The van der Waals surface area contributed by atoms with Gasteiger partial charge in [0, 0.05) is 18.3 Å². The molecule has 1 saturated heterocycles. The highest BCUT2D eigenvalue weighted by Gasteiger charge is 2.19. The fourth-order valence-corrected chi connectivity index (χ4v) is 3.96. The van der Waals surface area contributed by atoms with E-state index >= 15 is 0 Å². The molecule has 3 rings (SSSR count). The Hall–Kier alpha value is -2.91. The van der Waals surface area contributed by atoms with Crippen molar-refractivity contribution in [2.24, 2.45) is 10.9 Å². The van der Waals surface area contributed by atoms with E-state index in [9.17, 15) is 4.39 Å². The maximum atomic E-state index is 13.1. The van der Waals surface area contributed by atoms with Gasteiger partial charge in [-0.3, -0.25) is 4.99 Å². The minimum absolute atomic E-state index is 0.169. The molecule has 0 bridgehead atoms. The standard InChI is InChI=1S/C25H31FN4O/c1-31-24-5-2-4-23(19-24)29-25(10-13-27)28-14-3-15-30-16-11-21(12-17-30)18-20-6-8-22(26)9-7-20/h2,4-9,19,21H,3,10-12,14-18H2,1H3,(H,28,29). The number of nitrogens with zero attached hydrogens (tertiary/aromatic N) is 3. The lowest BCUT2D eigenvalue weighted by Crippen LogP contribution is -2.35. The number of piperidine rings is 1. The summed E-state index contributed by atoms with van der Waals surface area (Å²) in [7, 11) is 1.63. The van der Waals surface area contributed by atoms with Crippen LogP contribution in [0, 0.1) is 23.1 Å². The number of nitriles is 1. The lowest BCUT2D eigenvalue weighted by Gasteiger charge is -2.32. The molecule has 6 heteroatoms. The van der Waals surface area contributed by atoms with Gasteiger partial charge in [-0.1, -0.05) is 18.2 Å². The molecule has 2 aromatic rings. The minimum atomic E-state index is -0.169. The van der Waals surface area contributed by atoms with E-state index < -0.39 is 0 Å². The maximum Gasteiger partial charge on any atom is 0.123 e. The normalized spacial score (nSPS) is 15.5. The summed E-state index contributed by atoms with van der Waals surface area (Å²) in [5.41, 5.74) is 2.10. The lowest BCUT2D eigenvalue weighted by molar-refractivity contribution is 0.183. The monoisotopic (exact) mass is 422 g/mol. The molecule has 1 N–H and O–H groups in total. The third-order valence-corrected chi connectivity index (χ3v) is 5.68. The molecule has 0 atom stereocenters. The zero-order valence-corrected chi connectivity index (χ0v) is 18.2. The molecule has 0 unspecified atom stereocenters. The fourth-order valence-electron chi connectivity index (χ4n) is 3.96. The van der Waals surface area contributed by atoms with Crippen LogP contribution >= 0.6 is 0 Å². The molecule has 0 spiro atoms. The van der Waals surface area contributed by atoms with Crippen molar-refractivity contribution >= 4 is 11.5 Å². The highest BCUT2D eigenvalue weighted by atomic mass is 19.1. The Morgan fingerprint density at radius 2 is 2.00 bits per heavy atom. The molecule has 1 aliphatic heterocycles. The molecule has 0 radical (unpaired) electrons. The molecule has 1 aliphatic rings. The van der Waals surface area contributed by atoms with Crippen molar-refractivity contribution in [1.29, 1.82) is 5.26 Å². The third-order valence-electron chi connectivity index (χ3n) is 5.68. The first-order valence-electron chi connectivity index (χ1n) is 10.9. The average Bonchev–Trinajstić information content (AvgIpc) is 2.79. The number of halogens is 1. The highest BCUT2D eigenvalue weighted by molar-refractivity contribution is 5.96. The van der Waals surface area contributed by atoms with Crippen LogP contribution in [0.4, 0.5) is 10.1 Å². The van der Waals surface area contributed by atoms with E-state index in [1.54, 1.807) is 19.2 Å². The number of nitrogens with one attached hydrogen (secondary N) is 1. The number of hydrogen-bond acceptors (Lipinski definition) is 4. The summed E-state index contributed by atoms with van der Waals surface area (Å²) in [5, 5.41) is 12.3. The Labute approximate surface area is 184 Å². The Bertz CT molecular complexity index is 883. The number of hydrogen-bond donors (Lipinski definition) is 1. The van der Waals surface area contributed by atoms with Crippen LogP contribution in [0.25, 0.3) is 0 Å². The summed E-state index contributed by atoms with van der Waals surface area (Å²) < 4.78 is 18.3. The van der Waals surface area contributed by atoms with Crippen molar-refractivity contribution in [2.45, 2.75) is 32.1 Å². The SMILES string of the molecule is COc1cccc(NC(CC#N)=NCCCN2CCC(Cc3ccc(F)cc3)CC2)c1. The van der Waals surface area contributed by atoms with Crippen LogP contribution in [0.1, 0.15) is 31.2 Å². The first kappa shape index (κ1) is 22.8. The predicted molar refractivity (Wildman–Crippen MR) is 123 cm³/mol. The molecule has 0 amide bonds. The molecular weight excluding hydrogens is 391 g/mol. The number of anilines is 1. The van der Waals surface area contributed by atoms with E-state index in [0.29, 0.717) is 18.3 Å². The number of aliphatic imine (C=N–C) groups is 1. The molecule has 0 saturated carbocycles. The average molecular weight is 423 g/mol. The number of likely N-dealkylation sites (tertiary alicyclic amines) is 1. The van der Waals surface area contributed by atoms with Crippen LogP contribution in [0.5, 0.6) is 5.75 Å². The van der Waals surface area contributed by atoms with Gasteiger partial charge in [0.05, 0.1) is 19.6 Å². The number of rotatable bonds is 9. The number of benzene rings is 2. The quantitative estimate of drug-likeness (QED) is 0.355. The van der Waals surface area contributed by atoms with Crippen molar-refractivity contribution in [3.8, 4) is 11.8 Å². The summed E-state index contributed by atoms with van der Waals surface area (Å²) in [6, 6.07) is 16.7. The van der Waals surface area contributed by atoms with Crippen LogP contribution in [-0.2, 0) is 6.42 Å². The van der Waals surface area contributed by atoms with Crippen LogP contribution in [0.2, 0.25) is 0 Å². The molecule has 2 aromatic carbocycles. The molecule has 1 heterocycles. The van der Waals surface area contributed by atoms with Crippen molar-refractivity contribution in [1.82, 2.24) is 4.90 Å². The summed E-state index contributed by atoms with van der Waals surface area (Å²) in [5.74, 6) is 1.96. The molecule has 0 aliphatic carbocycles. The third kappa shape index (κ3) is 7.69. The highest BCUT2D eigenvalue weighted by Crippen LogP contribution is 2.22. The van der Waals surface area contributed by atoms with Crippen LogP contribution < -0.4 is 10.1 Å². The van der Waals surface area contributed by atoms with Gasteiger partial charge in [-0.2, -0.15) is 5.26 Å². The lowest BCUT2D eigenvalue weighted by atomic mass is 9.90. The van der Waals surface area contributed by atoms with Crippen molar-refractivity contribution in [3.63, 3.8) is 0 Å². The van der Waals surface area contributed by atoms with Crippen LogP contribution in [-0.4, -0.2) is 44.0 Å². The Morgan fingerprint density at radius 1 is 1.23 bits per heavy atom. The zero-order chi connectivity index (χ0) is 21.9. The Morgan fingerprint density at radius 3 is 2.71 bits per heavy atom. The molecule has 31 heavy (non-hydrogen) atoms. The van der Waals surface area contributed by atoms with Gasteiger partial charge in [0.25, 0.3) is 0 Å². The maximum absolute atomic E-state index is 13.1. The summed E-state index contributed by atoms with van der Waals surface area (Å²) in [6.07, 6.45) is 4.62. The molecular formula is C25H31FN4O. The van der Waals surface area contributed by atoms with E-state index in [-0.39, 0.29) is 12.2 Å². The van der Waals surface area contributed by atoms with Crippen molar-refractivity contribution in [2.75, 3.05) is 38.6 Å². The largest absolute Gasteiger partial charge is 0.497 e. The predicted octanol–water partition coefficient (Wildman–Crippen LogP) is 4.90. The summed E-state index contributed by atoms with van der Waals surface area (Å²) in [6.45, 7) is 3.92. The minimum Gasteiger partial charge on any atom is -0.497 e. The molecule has 1 fully saturated rings. The number of methoxy groups -OCH3 is 1. The number of amidine groups is 1. The van der Waals surface area contributed by atoms with Crippen molar-refractivity contribution < 1.29 is 9.13 Å². The second-order valence-corrected chi connectivity index (χ2v) is 7.99. The molecule has 164 valence electrons. The van der Waals surface area contributed by atoms with Gasteiger partial charge < -0.3 is 15.0 Å². The summed E-state index contributed by atoms with van der Waals surface area (Å²) >= 11 is 0. The van der Waals surface area contributed by atoms with E-state index in [1.165, 1.54) is 18.4 Å². The Kier molecular flexibility index (Phi) is 8.86. The zero-order valence-electron chi connectivity index (χ0n) is 18.2. The van der Waals surface area contributed by atoms with Crippen LogP contribution in [0.15, 0.2) is 53.5 Å². The second kappa shape index (κ2) is 12.1. The second-order valence-electron chi connectivity index (χ2n) is 7.99. The Balaban J connectivity index is 1.39. The van der Waals surface area contributed by atoms with Gasteiger partial charge in [0.1, 0.15) is 17.4 Å². The van der Waals surface area contributed by atoms with Gasteiger partial charge in [-0.05, 0) is 81.1 Å². The fraction of sp³-hybridized carbons (Fsp3) is 0.440. The topological polar surface area (TPSA) is 60.6 Å². The molecule has 0 aromatic heterocycles. The van der Waals surface area contributed by atoms with E-state index in [4.69, 9.17) is 10.00 Å². The van der Waals surface area contributed by atoms with Gasteiger partial charge in [0.15, 0.2) is 0 Å². The van der Waals surface area contributed by atoms with Gasteiger partial charge >= 0.3 is 0 Å². The smallest absolute Gasteiger partial charge is 0.123 e. The number of ether oxygens (including phenoxy) is 1. The van der Waals surface area contributed by atoms with Gasteiger partial charge in [0.2, 0.25) is 0 Å². The van der Waals surface area contributed by atoms with Gasteiger partial charge in [-0.15, -0.1) is 0 Å². The summed E-state index contributed by atoms with van der Waals surface area (Å²) in [4.78, 5) is 7.11. The van der Waals surface area contributed by atoms with Crippen LogP contribution in [0.3, 0.4) is 0 Å². The van der Waals surface area contributed by atoms with Gasteiger partial charge in [-0.25, -0.2) is 4.39 Å².